The smallest absolute Gasteiger partial charge is 0.251 e. The van der Waals surface area contributed by atoms with Gasteiger partial charge in [0, 0.05) is 17.8 Å². The molecule has 0 saturated carbocycles. The highest BCUT2D eigenvalue weighted by atomic mass is 16.1. The molecule has 0 aliphatic carbocycles. The summed E-state index contributed by atoms with van der Waals surface area (Å²) in [6.07, 6.45) is 0. The van der Waals surface area contributed by atoms with Crippen molar-refractivity contribution in [3.05, 3.63) is 65.2 Å². The van der Waals surface area contributed by atoms with Crippen LogP contribution >= 0.6 is 0 Å². The molecule has 1 amide bonds. The molecule has 110 valence electrons. The third kappa shape index (κ3) is 4.09. The number of aryl methyl sites for hydroxylation is 1. The van der Waals surface area contributed by atoms with Crippen LogP contribution in [0.1, 0.15) is 41.4 Å². The molecule has 0 aliphatic rings. The monoisotopic (exact) mass is 282 g/mol. The van der Waals surface area contributed by atoms with Crippen LogP contribution in [0.3, 0.4) is 0 Å². The summed E-state index contributed by atoms with van der Waals surface area (Å²) in [5.74, 6) is -0.0499. The SMILES string of the molecule is CCNc1ccc(C(=O)NC(C)c2ccc(C)cc2)cc1. The maximum Gasteiger partial charge on any atom is 0.251 e. The van der Waals surface area contributed by atoms with Crippen LogP contribution < -0.4 is 10.6 Å². The van der Waals surface area contributed by atoms with Gasteiger partial charge in [-0.2, -0.15) is 0 Å². The maximum absolute atomic E-state index is 12.2. The van der Waals surface area contributed by atoms with Crippen LogP contribution in [0.5, 0.6) is 0 Å². The van der Waals surface area contributed by atoms with E-state index in [1.807, 2.05) is 38.1 Å². The lowest BCUT2D eigenvalue weighted by atomic mass is 10.1. The first-order valence-corrected chi connectivity index (χ1v) is 7.31. The maximum atomic E-state index is 12.2. The Morgan fingerprint density at radius 1 is 1.05 bits per heavy atom. The summed E-state index contributed by atoms with van der Waals surface area (Å²) >= 11 is 0. The zero-order valence-electron chi connectivity index (χ0n) is 12.8. The topological polar surface area (TPSA) is 41.1 Å². The predicted molar refractivity (Wildman–Crippen MR) is 87.7 cm³/mol. The quantitative estimate of drug-likeness (QED) is 0.872. The van der Waals surface area contributed by atoms with Crippen LogP contribution in [0.25, 0.3) is 0 Å². The van der Waals surface area contributed by atoms with Gasteiger partial charge < -0.3 is 10.6 Å². The predicted octanol–water partition coefficient (Wildman–Crippen LogP) is 3.92. The summed E-state index contributed by atoms with van der Waals surface area (Å²) in [6.45, 7) is 6.97. The summed E-state index contributed by atoms with van der Waals surface area (Å²) < 4.78 is 0. The van der Waals surface area contributed by atoms with E-state index in [4.69, 9.17) is 0 Å². The average Bonchev–Trinajstić information content (AvgIpc) is 2.49. The standard InChI is InChI=1S/C18H22N2O/c1-4-19-17-11-9-16(10-12-17)18(21)20-14(3)15-7-5-13(2)6-8-15/h5-12,14,19H,4H2,1-3H3,(H,20,21). The van der Waals surface area contributed by atoms with E-state index in [1.165, 1.54) is 5.56 Å². The Balaban J connectivity index is 2.01. The van der Waals surface area contributed by atoms with E-state index in [2.05, 4.69) is 41.8 Å². The summed E-state index contributed by atoms with van der Waals surface area (Å²) in [6, 6.07) is 15.7. The fourth-order valence-electron chi connectivity index (χ4n) is 2.16. The van der Waals surface area contributed by atoms with Crippen molar-refractivity contribution in [3.63, 3.8) is 0 Å². The van der Waals surface area contributed by atoms with E-state index >= 15 is 0 Å². The number of benzene rings is 2. The molecule has 0 heterocycles. The molecule has 0 aromatic heterocycles. The number of carbonyl (C=O) groups excluding carboxylic acids is 1. The fourth-order valence-corrected chi connectivity index (χ4v) is 2.16. The largest absolute Gasteiger partial charge is 0.385 e. The highest BCUT2D eigenvalue weighted by Gasteiger charge is 2.11. The number of nitrogens with one attached hydrogen (secondary N) is 2. The Morgan fingerprint density at radius 2 is 1.67 bits per heavy atom. The molecular weight excluding hydrogens is 260 g/mol. The van der Waals surface area contributed by atoms with Crippen LogP contribution in [-0.4, -0.2) is 12.5 Å². The molecule has 3 heteroatoms. The van der Waals surface area contributed by atoms with Crippen molar-refractivity contribution in [2.45, 2.75) is 26.8 Å². The third-order valence-electron chi connectivity index (χ3n) is 3.45. The molecule has 1 unspecified atom stereocenters. The van der Waals surface area contributed by atoms with Gasteiger partial charge in [0.25, 0.3) is 5.91 Å². The van der Waals surface area contributed by atoms with E-state index < -0.39 is 0 Å². The fraction of sp³-hybridized carbons (Fsp3) is 0.278. The van der Waals surface area contributed by atoms with E-state index in [0.29, 0.717) is 5.56 Å². The highest BCUT2D eigenvalue weighted by molar-refractivity contribution is 5.94. The second kappa shape index (κ2) is 6.93. The molecule has 2 rings (SSSR count). The number of hydrogen-bond acceptors (Lipinski definition) is 2. The minimum Gasteiger partial charge on any atom is -0.385 e. The summed E-state index contributed by atoms with van der Waals surface area (Å²) in [7, 11) is 0. The van der Waals surface area contributed by atoms with Gasteiger partial charge in [0.15, 0.2) is 0 Å². The van der Waals surface area contributed by atoms with Gasteiger partial charge in [-0.05, 0) is 50.6 Å². The van der Waals surface area contributed by atoms with Crippen molar-refractivity contribution in [1.82, 2.24) is 5.32 Å². The average molecular weight is 282 g/mol. The molecule has 0 saturated heterocycles. The van der Waals surface area contributed by atoms with Gasteiger partial charge in [-0.15, -0.1) is 0 Å². The molecule has 2 N–H and O–H groups in total. The van der Waals surface area contributed by atoms with E-state index in [9.17, 15) is 4.79 Å². The van der Waals surface area contributed by atoms with Crippen molar-refractivity contribution < 1.29 is 4.79 Å². The lowest BCUT2D eigenvalue weighted by Crippen LogP contribution is -2.26. The molecule has 2 aromatic rings. The molecule has 0 radical (unpaired) electrons. The first-order valence-electron chi connectivity index (χ1n) is 7.31. The molecule has 0 spiro atoms. The van der Waals surface area contributed by atoms with Crippen LogP contribution in [0, 0.1) is 6.92 Å². The van der Waals surface area contributed by atoms with Gasteiger partial charge in [-0.3, -0.25) is 4.79 Å². The molecule has 0 aliphatic heterocycles. The zero-order valence-corrected chi connectivity index (χ0v) is 12.8. The van der Waals surface area contributed by atoms with Crippen LogP contribution in [0.2, 0.25) is 0 Å². The number of amides is 1. The lowest BCUT2D eigenvalue weighted by molar-refractivity contribution is 0.0940. The van der Waals surface area contributed by atoms with Crippen LogP contribution in [-0.2, 0) is 0 Å². The molecule has 3 nitrogen and oxygen atoms in total. The minimum absolute atomic E-state index is 0.00783. The Hall–Kier alpha value is -2.29. The molecule has 1 atom stereocenters. The third-order valence-corrected chi connectivity index (χ3v) is 3.45. The van der Waals surface area contributed by atoms with Crippen molar-refractivity contribution in [2.24, 2.45) is 0 Å². The van der Waals surface area contributed by atoms with E-state index in [1.54, 1.807) is 0 Å². The van der Waals surface area contributed by atoms with Crippen LogP contribution in [0.4, 0.5) is 5.69 Å². The molecule has 0 bridgehead atoms. The number of anilines is 1. The van der Waals surface area contributed by atoms with Crippen molar-refractivity contribution >= 4 is 11.6 Å². The van der Waals surface area contributed by atoms with Crippen molar-refractivity contribution in [1.29, 1.82) is 0 Å². The first kappa shape index (κ1) is 15.1. The Labute approximate surface area is 126 Å². The Kier molecular flexibility index (Phi) is 4.99. The van der Waals surface area contributed by atoms with Gasteiger partial charge in [-0.25, -0.2) is 0 Å². The summed E-state index contributed by atoms with van der Waals surface area (Å²) in [5.41, 5.74) is 4.03. The Morgan fingerprint density at radius 3 is 2.24 bits per heavy atom. The second-order valence-electron chi connectivity index (χ2n) is 5.21. The minimum atomic E-state index is -0.0499. The second-order valence-corrected chi connectivity index (χ2v) is 5.21. The molecule has 21 heavy (non-hydrogen) atoms. The summed E-state index contributed by atoms with van der Waals surface area (Å²) in [4.78, 5) is 12.2. The summed E-state index contributed by atoms with van der Waals surface area (Å²) in [5, 5.41) is 6.24. The van der Waals surface area contributed by atoms with E-state index in [-0.39, 0.29) is 11.9 Å². The van der Waals surface area contributed by atoms with Crippen molar-refractivity contribution in [3.8, 4) is 0 Å². The van der Waals surface area contributed by atoms with Gasteiger partial charge in [0.1, 0.15) is 0 Å². The lowest BCUT2D eigenvalue weighted by Gasteiger charge is -2.15. The van der Waals surface area contributed by atoms with Gasteiger partial charge in [-0.1, -0.05) is 29.8 Å². The van der Waals surface area contributed by atoms with E-state index in [0.717, 1.165) is 17.8 Å². The van der Waals surface area contributed by atoms with Gasteiger partial charge in [0.05, 0.1) is 6.04 Å². The normalized spacial score (nSPS) is 11.8. The zero-order chi connectivity index (χ0) is 15.2. The van der Waals surface area contributed by atoms with Gasteiger partial charge in [0.2, 0.25) is 0 Å². The molecule has 2 aromatic carbocycles. The van der Waals surface area contributed by atoms with Crippen LogP contribution in [0.15, 0.2) is 48.5 Å². The van der Waals surface area contributed by atoms with Crippen molar-refractivity contribution in [2.75, 3.05) is 11.9 Å². The Bertz CT molecular complexity index is 588. The first-order chi connectivity index (χ1) is 10.1. The number of rotatable bonds is 5. The van der Waals surface area contributed by atoms with Gasteiger partial charge >= 0.3 is 0 Å². The molecule has 0 fully saturated rings. The number of carbonyl (C=O) groups is 1. The highest BCUT2D eigenvalue weighted by Crippen LogP contribution is 2.15. The number of hydrogen-bond donors (Lipinski definition) is 2. The molecular formula is C18H22N2O.